The third-order valence-corrected chi connectivity index (χ3v) is 5.82. The molecule has 210 valence electrons. The van der Waals surface area contributed by atoms with Gasteiger partial charge >= 0.3 is 31.6 Å². The highest BCUT2D eigenvalue weighted by Crippen LogP contribution is 2.38. The molecule has 0 aromatic heterocycles. The van der Waals surface area contributed by atoms with Crippen molar-refractivity contribution in [3.8, 4) is 0 Å². The minimum Gasteiger partial charge on any atom is -0.481 e. The van der Waals surface area contributed by atoms with Crippen LogP contribution in [0.3, 0.4) is 0 Å². The van der Waals surface area contributed by atoms with Crippen molar-refractivity contribution < 1.29 is 67.6 Å². The molecule has 0 saturated carbocycles. The fourth-order valence-electron chi connectivity index (χ4n) is 2.74. The average molecular weight is 565 g/mol. The highest BCUT2D eigenvalue weighted by molar-refractivity contribution is 7.50. The van der Waals surface area contributed by atoms with Gasteiger partial charge in [-0.3, -0.25) is 23.7 Å². The third kappa shape index (κ3) is 11.9. The molecule has 1 aromatic rings. The summed E-state index contributed by atoms with van der Waals surface area (Å²) in [6.07, 6.45) is -2.37. The standard InChI is InChI=1S/C20H25FN3O13P/c21-11-3-1-10(2-4-11)17(28)23-12(18(29)30)5-7-15(25)22-14(20(33)34)9-37-38(35,36)24-13(19(31)32)6-8-16(26)27/h1-4,12-14H,5-9H2,(H,22,25)(H,23,28)(H,26,27)(H,29,30)(H,31,32)(H,33,34)(H2,24,35,36)/t12-,13-,14-/m0/s1. The van der Waals surface area contributed by atoms with E-state index in [4.69, 9.17) is 10.2 Å². The van der Waals surface area contributed by atoms with Crippen LogP contribution in [0.4, 0.5) is 4.39 Å². The molecule has 0 aliphatic heterocycles. The number of halogens is 1. The third-order valence-electron chi connectivity index (χ3n) is 4.68. The fraction of sp³-hybridized carbons (Fsp3) is 0.400. The van der Waals surface area contributed by atoms with Crippen LogP contribution in [-0.2, 0) is 33.1 Å². The Bertz CT molecular complexity index is 1100. The Morgan fingerprint density at radius 1 is 0.816 bits per heavy atom. The van der Waals surface area contributed by atoms with Crippen LogP contribution >= 0.6 is 7.75 Å². The number of hydrogen-bond donors (Lipinski definition) is 8. The molecular weight excluding hydrogens is 540 g/mol. The van der Waals surface area contributed by atoms with Gasteiger partial charge in [-0.25, -0.2) is 23.6 Å². The Labute approximate surface area is 213 Å². The van der Waals surface area contributed by atoms with Crippen LogP contribution in [-0.4, -0.2) is 85.7 Å². The zero-order valence-electron chi connectivity index (χ0n) is 19.4. The van der Waals surface area contributed by atoms with E-state index in [-0.39, 0.29) is 5.56 Å². The Hall–Kier alpha value is -3.92. The molecule has 1 unspecified atom stereocenters. The van der Waals surface area contributed by atoms with Crippen molar-refractivity contribution in [3.63, 3.8) is 0 Å². The van der Waals surface area contributed by atoms with Crippen molar-refractivity contribution in [2.45, 2.75) is 43.8 Å². The van der Waals surface area contributed by atoms with Gasteiger partial charge in [-0.2, -0.15) is 0 Å². The Balaban J connectivity index is 2.69. The van der Waals surface area contributed by atoms with E-state index >= 15 is 0 Å². The van der Waals surface area contributed by atoms with Crippen LogP contribution in [0.15, 0.2) is 24.3 Å². The zero-order valence-corrected chi connectivity index (χ0v) is 20.3. The molecule has 0 radical (unpaired) electrons. The number of carboxylic acid groups (broad SMARTS) is 4. The Morgan fingerprint density at radius 3 is 1.84 bits per heavy atom. The van der Waals surface area contributed by atoms with E-state index in [2.05, 4.69) is 9.84 Å². The first-order chi connectivity index (χ1) is 17.6. The largest absolute Gasteiger partial charge is 0.481 e. The first kappa shape index (κ1) is 32.1. The molecule has 1 rings (SSSR count). The molecule has 4 atom stereocenters. The van der Waals surface area contributed by atoms with Gasteiger partial charge in [0.2, 0.25) is 5.91 Å². The number of aliphatic carboxylic acids is 4. The van der Waals surface area contributed by atoms with E-state index in [1.165, 1.54) is 0 Å². The van der Waals surface area contributed by atoms with E-state index < -0.39 is 99.7 Å². The summed E-state index contributed by atoms with van der Waals surface area (Å²) in [5, 5.41) is 41.9. The summed E-state index contributed by atoms with van der Waals surface area (Å²) in [7, 11) is -4.98. The highest BCUT2D eigenvalue weighted by atomic mass is 31.2. The molecule has 16 nitrogen and oxygen atoms in total. The van der Waals surface area contributed by atoms with Crippen LogP contribution in [0, 0.1) is 5.82 Å². The van der Waals surface area contributed by atoms with E-state index in [1.807, 2.05) is 5.32 Å². The second-order valence-electron chi connectivity index (χ2n) is 7.64. The Morgan fingerprint density at radius 2 is 1.34 bits per heavy atom. The molecule has 38 heavy (non-hydrogen) atoms. The van der Waals surface area contributed by atoms with Gasteiger partial charge < -0.3 is 36.0 Å². The van der Waals surface area contributed by atoms with Gasteiger partial charge in [-0.15, -0.1) is 0 Å². The smallest absolute Gasteiger partial charge is 0.403 e. The number of carbonyl (C=O) groups is 6. The topological polar surface area (TPSA) is 266 Å². The van der Waals surface area contributed by atoms with Gasteiger partial charge in [0.25, 0.3) is 5.91 Å². The predicted octanol–water partition coefficient (Wildman–Crippen LogP) is -0.617. The number of benzene rings is 1. The molecule has 1 aromatic carbocycles. The van der Waals surface area contributed by atoms with Crippen LogP contribution in [0.5, 0.6) is 0 Å². The van der Waals surface area contributed by atoms with Gasteiger partial charge in [-0.05, 0) is 37.1 Å². The van der Waals surface area contributed by atoms with Crippen molar-refractivity contribution >= 4 is 43.4 Å². The summed E-state index contributed by atoms with van der Waals surface area (Å²) in [6.45, 7) is -1.13. The first-order valence-corrected chi connectivity index (χ1v) is 12.2. The van der Waals surface area contributed by atoms with Gasteiger partial charge in [-0.1, -0.05) is 0 Å². The molecule has 18 heteroatoms. The SMILES string of the molecule is O=C(O)CC[C@H](NP(=O)(O)OC[C@H](NC(=O)CC[C@H](NC(=O)c1ccc(F)cc1)C(=O)O)C(=O)O)C(=O)O. The fourth-order valence-corrected chi connectivity index (χ4v) is 3.80. The molecule has 0 spiro atoms. The summed E-state index contributed by atoms with van der Waals surface area (Å²) in [4.78, 5) is 78.7. The summed E-state index contributed by atoms with van der Waals surface area (Å²) in [6, 6.07) is -1.17. The minimum atomic E-state index is -4.98. The predicted molar refractivity (Wildman–Crippen MR) is 121 cm³/mol. The molecule has 0 fully saturated rings. The second-order valence-corrected chi connectivity index (χ2v) is 9.19. The van der Waals surface area contributed by atoms with E-state index in [9.17, 15) is 52.8 Å². The van der Waals surface area contributed by atoms with Gasteiger partial charge in [0.15, 0.2) is 6.04 Å². The minimum absolute atomic E-state index is 0.0552. The van der Waals surface area contributed by atoms with Gasteiger partial charge in [0.1, 0.15) is 17.9 Å². The average Bonchev–Trinajstić information content (AvgIpc) is 2.81. The molecule has 0 saturated heterocycles. The molecule has 0 heterocycles. The zero-order chi connectivity index (χ0) is 29.0. The number of amides is 2. The Kier molecular flexibility index (Phi) is 12.4. The van der Waals surface area contributed by atoms with Crippen LogP contribution in [0.1, 0.15) is 36.0 Å². The summed E-state index contributed by atoms with van der Waals surface area (Å²) < 4.78 is 29.6. The maximum absolute atomic E-state index is 13.0. The molecular formula is C20H25FN3O13P. The van der Waals surface area contributed by atoms with E-state index in [0.717, 1.165) is 24.3 Å². The molecule has 0 bridgehead atoms. The second kappa shape index (κ2) is 14.7. The lowest BCUT2D eigenvalue weighted by Crippen LogP contribution is -2.46. The normalized spacial score (nSPS) is 14.8. The van der Waals surface area contributed by atoms with Crippen LogP contribution in [0.25, 0.3) is 0 Å². The van der Waals surface area contributed by atoms with E-state index in [1.54, 1.807) is 5.09 Å². The van der Waals surface area contributed by atoms with Crippen LogP contribution < -0.4 is 15.7 Å². The number of hydrogen-bond acceptors (Lipinski definition) is 8. The number of nitrogens with one attached hydrogen (secondary N) is 3. The molecule has 0 aliphatic rings. The molecule has 2 amide bonds. The van der Waals surface area contributed by atoms with Gasteiger partial charge in [0, 0.05) is 18.4 Å². The van der Waals surface area contributed by atoms with E-state index in [0.29, 0.717) is 0 Å². The van der Waals surface area contributed by atoms with Crippen molar-refractivity contribution in [1.29, 1.82) is 0 Å². The quantitative estimate of drug-likeness (QED) is 0.109. The maximum atomic E-state index is 13.0. The number of carboxylic acids is 4. The number of carbonyl (C=O) groups excluding carboxylic acids is 2. The number of rotatable bonds is 17. The summed E-state index contributed by atoms with van der Waals surface area (Å²) in [5.74, 6) is -8.82. The first-order valence-electron chi connectivity index (χ1n) is 10.6. The van der Waals surface area contributed by atoms with Crippen molar-refractivity contribution in [2.24, 2.45) is 0 Å². The lowest BCUT2D eigenvalue weighted by Gasteiger charge is -2.21. The van der Waals surface area contributed by atoms with Crippen molar-refractivity contribution in [3.05, 3.63) is 35.6 Å². The van der Waals surface area contributed by atoms with Crippen molar-refractivity contribution in [1.82, 2.24) is 15.7 Å². The van der Waals surface area contributed by atoms with Gasteiger partial charge in [0.05, 0.1) is 6.61 Å². The summed E-state index contributed by atoms with van der Waals surface area (Å²) in [5.41, 5.74) is -0.0552. The lowest BCUT2D eigenvalue weighted by molar-refractivity contribution is -0.143. The maximum Gasteiger partial charge on any atom is 0.403 e. The van der Waals surface area contributed by atoms with Crippen LogP contribution in [0.2, 0.25) is 0 Å². The molecule has 8 N–H and O–H groups in total. The summed E-state index contributed by atoms with van der Waals surface area (Å²) >= 11 is 0. The highest BCUT2D eigenvalue weighted by Gasteiger charge is 2.32. The lowest BCUT2D eigenvalue weighted by atomic mass is 10.1. The van der Waals surface area contributed by atoms with Crippen molar-refractivity contribution in [2.75, 3.05) is 6.61 Å². The molecule has 0 aliphatic carbocycles. The monoisotopic (exact) mass is 565 g/mol.